The number of piperidine rings is 1. The van der Waals surface area contributed by atoms with Crippen LogP contribution in [-0.2, 0) is 9.59 Å². The zero-order valence-corrected chi connectivity index (χ0v) is 11.8. The average molecular weight is 259 g/mol. The summed E-state index contributed by atoms with van der Waals surface area (Å²) in [6.45, 7) is 7.17. The Kier molecular flexibility index (Phi) is 3.74. The fraction of sp³-hybridized carbons (Fsp3) is 0.500. The van der Waals surface area contributed by atoms with Crippen molar-refractivity contribution >= 4 is 17.8 Å². The van der Waals surface area contributed by atoms with Crippen molar-refractivity contribution < 1.29 is 9.59 Å². The maximum Gasteiger partial charge on any atom is 0.217 e. The number of Topliss-reactive ketones (excluding diaryl/α,β-unsaturated/α-hetero) is 1. The van der Waals surface area contributed by atoms with Gasteiger partial charge in [0, 0.05) is 12.2 Å². The molecule has 0 amide bonds. The van der Waals surface area contributed by atoms with E-state index in [0.717, 1.165) is 25.1 Å². The third-order valence-electron chi connectivity index (χ3n) is 3.96. The molecule has 1 aromatic rings. The smallest absolute Gasteiger partial charge is 0.217 e. The maximum atomic E-state index is 11.9. The van der Waals surface area contributed by atoms with Gasteiger partial charge in [0.05, 0.1) is 6.04 Å². The highest BCUT2D eigenvalue weighted by molar-refractivity contribution is 6.28. The van der Waals surface area contributed by atoms with E-state index in [9.17, 15) is 9.59 Å². The Bertz CT molecular complexity index is 476. The van der Waals surface area contributed by atoms with Crippen LogP contribution in [0.1, 0.15) is 32.3 Å². The molecule has 1 unspecified atom stereocenters. The second kappa shape index (κ2) is 5.16. The first-order valence-electron chi connectivity index (χ1n) is 6.75. The van der Waals surface area contributed by atoms with Crippen LogP contribution >= 0.6 is 0 Å². The number of aryl methyl sites for hydroxylation is 1. The Morgan fingerprint density at radius 3 is 2.53 bits per heavy atom. The van der Waals surface area contributed by atoms with Crippen LogP contribution in [0.4, 0.5) is 5.69 Å². The molecule has 1 fully saturated rings. The largest absolute Gasteiger partial charge is 0.361 e. The zero-order valence-electron chi connectivity index (χ0n) is 11.8. The number of hydrogen-bond acceptors (Lipinski definition) is 3. The highest BCUT2D eigenvalue weighted by Crippen LogP contribution is 2.36. The van der Waals surface area contributed by atoms with Gasteiger partial charge in [-0.05, 0) is 37.3 Å². The van der Waals surface area contributed by atoms with Crippen LogP contribution in [0.5, 0.6) is 0 Å². The Hall–Kier alpha value is -1.64. The molecular formula is C16H21NO2. The van der Waals surface area contributed by atoms with Gasteiger partial charge in [0.15, 0.2) is 6.29 Å². The van der Waals surface area contributed by atoms with E-state index in [2.05, 4.69) is 18.7 Å². The van der Waals surface area contributed by atoms with Gasteiger partial charge >= 0.3 is 0 Å². The normalized spacial score (nSPS) is 22.1. The van der Waals surface area contributed by atoms with E-state index in [1.165, 1.54) is 5.56 Å². The Morgan fingerprint density at radius 1 is 1.32 bits per heavy atom. The van der Waals surface area contributed by atoms with Gasteiger partial charge in [-0.1, -0.05) is 31.5 Å². The van der Waals surface area contributed by atoms with E-state index in [4.69, 9.17) is 0 Å². The Labute approximate surface area is 114 Å². The topological polar surface area (TPSA) is 37.4 Å². The first-order valence-corrected chi connectivity index (χ1v) is 6.75. The summed E-state index contributed by atoms with van der Waals surface area (Å²) in [4.78, 5) is 24.8. The first-order chi connectivity index (χ1) is 8.93. The molecule has 1 atom stereocenters. The van der Waals surface area contributed by atoms with Crippen LogP contribution in [0.3, 0.4) is 0 Å². The number of carbonyl (C=O) groups excluding carboxylic acids is 2. The van der Waals surface area contributed by atoms with Gasteiger partial charge in [0.1, 0.15) is 0 Å². The molecule has 0 aromatic heterocycles. The molecular weight excluding hydrogens is 238 g/mol. The second-order valence-corrected chi connectivity index (χ2v) is 6.18. The van der Waals surface area contributed by atoms with Gasteiger partial charge in [-0.2, -0.15) is 0 Å². The molecule has 19 heavy (non-hydrogen) atoms. The average Bonchev–Trinajstić information content (AvgIpc) is 2.38. The van der Waals surface area contributed by atoms with Gasteiger partial charge in [-0.15, -0.1) is 0 Å². The van der Waals surface area contributed by atoms with Gasteiger partial charge in [0.25, 0.3) is 0 Å². The van der Waals surface area contributed by atoms with Crippen molar-refractivity contribution in [3.05, 3.63) is 29.8 Å². The van der Waals surface area contributed by atoms with Crippen molar-refractivity contribution in [2.75, 3.05) is 11.4 Å². The summed E-state index contributed by atoms with van der Waals surface area (Å²) >= 11 is 0. The van der Waals surface area contributed by atoms with E-state index in [1.807, 2.05) is 31.2 Å². The lowest BCUT2D eigenvalue weighted by atomic mass is 9.77. The van der Waals surface area contributed by atoms with Crippen LogP contribution in [-0.4, -0.2) is 24.7 Å². The fourth-order valence-electron chi connectivity index (χ4n) is 2.69. The molecule has 102 valence electrons. The summed E-state index contributed by atoms with van der Waals surface area (Å²) in [6, 6.07) is 7.82. The SMILES string of the molecule is Cc1ccc(N2CCC(C)(C)CC2C(=O)C=O)cc1. The molecule has 0 bridgehead atoms. The van der Waals surface area contributed by atoms with E-state index < -0.39 is 0 Å². The lowest BCUT2D eigenvalue weighted by molar-refractivity contribution is -0.131. The quantitative estimate of drug-likeness (QED) is 0.618. The molecule has 1 saturated heterocycles. The molecule has 0 aliphatic carbocycles. The molecule has 2 rings (SSSR count). The standard InChI is InChI=1S/C16H21NO2/c1-12-4-6-13(7-5-12)17-9-8-16(2,3)10-14(17)15(19)11-18/h4-7,11,14H,8-10H2,1-3H3. The van der Waals surface area contributed by atoms with Gasteiger partial charge in [-0.3, -0.25) is 9.59 Å². The molecule has 0 saturated carbocycles. The summed E-state index contributed by atoms with van der Waals surface area (Å²) in [5.74, 6) is -0.312. The van der Waals surface area contributed by atoms with Crippen molar-refractivity contribution in [1.29, 1.82) is 0 Å². The number of anilines is 1. The number of ketones is 1. The summed E-state index contributed by atoms with van der Waals surface area (Å²) in [6.07, 6.45) is 2.23. The second-order valence-electron chi connectivity index (χ2n) is 6.18. The van der Waals surface area contributed by atoms with Crippen LogP contribution in [0.15, 0.2) is 24.3 Å². The molecule has 1 heterocycles. The maximum absolute atomic E-state index is 11.9. The summed E-state index contributed by atoms with van der Waals surface area (Å²) in [7, 11) is 0. The number of aldehydes is 1. The van der Waals surface area contributed by atoms with Crippen LogP contribution in [0, 0.1) is 12.3 Å². The Balaban J connectivity index is 2.29. The number of hydrogen-bond donors (Lipinski definition) is 0. The minimum absolute atomic E-state index is 0.116. The predicted molar refractivity (Wildman–Crippen MR) is 76.4 cm³/mol. The van der Waals surface area contributed by atoms with Crippen LogP contribution < -0.4 is 4.90 Å². The molecule has 1 aliphatic rings. The number of carbonyl (C=O) groups is 2. The third-order valence-corrected chi connectivity index (χ3v) is 3.96. The monoisotopic (exact) mass is 259 g/mol. The van der Waals surface area contributed by atoms with Crippen LogP contribution in [0.25, 0.3) is 0 Å². The van der Waals surface area contributed by atoms with Crippen molar-refractivity contribution in [2.45, 2.75) is 39.7 Å². The highest BCUT2D eigenvalue weighted by atomic mass is 16.2. The van der Waals surface area contributed by atoms with Crippen molar-refractivity contribution in [1.82, 2.24) is 0 Å². The molecule has 0 radical (unpaired) electrons. The molecule has 3 heteroatoms. The molecule has 1 aliphatic heterocycles. The summed E-state index contributed by atoms with van der Waals surface area (Å²) < 4.78 is 0. The number of benzene rings is 1. The van der Waals surface area contributed by atoms with Crippen LogP contribution in [0.2, 0.25) is 0 Å². The van der Waals surface area contributed by atoms with Crippen molar-refractivity contribution in [3.63, 3.8) is 0 Å². The predicted octanol–water partition coefficient (Wildman–Crippen LogP) is 2.76. The van der Waals surface area contributed by atoms with Gasteiger partial charge in [-0.25, -0.2) is 0 Å². The zero-order chi connectivity index (χ0) is 14.0. The van der Waals surface area contributed by atoms with Crippen molar-refractivity contribution in [2.24, 2.45) is 5.41 Å². The molecule has 0 N–H and O–H groups in total. The number of rotatable bonds is 3. The summed E-state index contributed by atoms with van der Waals surface area (Å²) in [5, 5.41) is 0. The van der Waals surface area contributed by atoms with E-state index >= 15 is 0 Å². The third kappa shape index (κ3) is 3.03. The minimum atomic E-state index is -0.316. The van der Waals surface area contributed by atoms with Gasteiger partial charge < -0.3 is 4.90 Å². The van der Waals surface area contributed by atoms with Gasteiger partial charge in [0.2, 0.25) is 5.78 Å². The first kappa shape index (κ1) is 13.8. The van der Waals surface area contributed by atoms with E-state index in [-0.39, 0.29) is 17.2 Å². The lowest BCUT2D eigenvalue weighted by Crippen LogP contribution is -2.50. The highest BCUT2D eigenvalue weighted by Gasteiger charge is 2.37. The number of nitrogens with zero attached hydrogens (tertiary/aromatic N) is 1. The van der Waals surface area contributed by atoms with E-state index in [0.29, 0.717) is 6.29 Å². The summed E-state index contributed by atoms with van der Waals surface area (Å²) in [5.41, 5.74) is 2.34. The molecule has 3 nitrogen and oxygen atoms in total. The molecule has 0 spiro atoms. The minimum Gasteiger partial charge on any atom is -0.361 e. The lowest BCUT2D eigenvalue weighted by Gasteiger charge is -2.43. The van der Waals surface area contributed by atoms with E-state index in [1.54, 1.807) is 0 Å². The molecule has 1 aromatic carbocycles. The fourth-order valence-corrected chi connectivity index (χ4v) is 2.69. The van der Waals surface area contributed by atoms with Crippen molar-refractivity contribution in [3.8, 4) is 0 Å². The Morgan fingerprint density at radius 2 is 1.95 bits per heavy atom.